The van der Waals surface area contributed by atoms with Gasteiger partial charge in [-0.3, -0.25) is 4.79 Å². The third-order valence-electron chi connectivity index (χ3n) is 3.59. The molecule has 2 saturated heterocycles. The normalized spacial score (nSPS) is 32.1. The molecule has 2 rings (SSSR count). The summed E-state index contributed by atoms with van der Waals surface area (Å²) in [6, 6.07) is -0.902. The van der Waals surface area contributed by atoms with Crippen molar-refractivity contribution in [2.45, 2.75) is 32.2 Å². The SMILES string of the molecule is CC1CCN(S(=O)(=O)N2CCCC2)C1C(=O)O. The van der Waals surface area contributed by atoms with Crippen molar-refractivity contribution in [3.05, 3.63) is 0 Å². The van der Waals surface area contributed by atoms with Crippen molar-refractivity contribution in [2.75, 3.05) is 19.6 Å². The number of hydrogen-bond donors (Lipinski definition) is 1. The quantitative estimate of drug-likeness (QED) is 0.783. The molecule has 0 saturated carbocycles. The van der Waals surface area contributed by atoms with Gasteiger partial charge in [-0.25, -0.2) is 0 Å². The second kappa shape index (κ2) is 4.55. The van der Waals surface area contributed by atoms with Crippen molar-refractivity contribution in [1.82, 2.24) is 8.61 Å². The van der Waals surface area contributed by atoms with E-state index >= 15 is 0 Å². The highest BCUT2D eigenvalue weighted by atomic mass is 32.2. The summed E-state index contributed by atoms with van der Waals surface area (Å²) in [5, 5.41) is 9.14. The van der Waals surface area contributed by atoms with Gasteiger partial charge in [0.15, 0.2) is 0 Å². The Morgan fingerprint density at radius 2 is 1.82 bits per heavy atom. The average Bonchev–Trinajstić information content (AvgIpc) is 2.84. The van der Waals surface area contributed by atoms with Crippen LogP contribution in [0.25, 0.3) is 0 Å². The first-order chi connectivity index (χ1) is 7.94. The van der Waals surface area contributed by atoms with Gasteiger partial charge in [0, 0.05) is 19.6 Å². The highest BCUT2D eigenvalue weighted by Gasteiger charge is 2.45. The zero-order valence-electron chi connectivity index (χ0n) is 9.87. The van der Waals surface area contributed by atoms with Crippen LogP contribution in [0.1, 0.15) is 26.2 Å². The van der Waals surface area contributed by atoms with Crippen LogP contribution in [0.15, 0.2) is 0 Å². The molecule has 2 heterocycles. The van der Waals surface area contributed by atoms with Crippen LogP contribution in [0.2, 0.25) is 0 Å². The summed E-state index contributed by atoms with van der Waals surface area (Å²) in [5.74, 6) is -1.16. The molecule has 98 valence electrons. The van der Waals surface area contributed by atoms with Crippen LogP contribution < -0.4 is 0 Å². The molecule has 2 aliphatic rings. The van der Waals surface area contributed by atoms with Crippen LogP contribution in [-0.4, -0.2) is 53.8 Å². The Morgan fingerprint density at radius 1 is 1.24 bits per heavy atom. The molecule has 0 amide bonds. The number of carboxylic acids is 1. The topological polar surface area (TPSA) is 77.9 Å². The van der Waals surface area contributed by atoms with Gasteiger partial charge in [-0.05, 0) is 25.2 Å². The first-order valence-corrected chi connectivity index (χ1v) is 7.34. The molecule has 17 heavy (non-hydrogen) atoms. The molecule has 0 radical (unpaired) electrons. The summed E-state index contributed by atoms with van der Waals surface area (Å²) >= 11 is 0. The summed E-state index contributed by atoms with van der Waals surface area (Å²) in [5.41, 5.74) is 0. The highest BCUT2D eigenvalue weighted by molar-refractivity contribution is 7.86. The first-order valence-electron chi connectivity index (χ1n) is 5.94. The summed E-state index contributed by atoms with van der Waals surface area (Å²) in [6.07, 6.45) is 2.34. The number of carboxylic acid groups (broad SMARTS) is 1. The van der Waals surface area contributed by atoms with Gasteiger partial charge < -0.3 is 5.11 Å². The number of hydrogen-bond acceptors (Lipinski definition) is 3. The van der Waals surface area contributed by atoms with Gasteiger partial charge in [-0.1, -0.05) is 6.92 Å². The molecular weight excluding hydrogens is 244 g/mol. The molecule has 7 heteroatoms. The van der Waals surface area contributed by atoms with Crippen LogP contribution in [0.3, 0.4) is 0 Å². The fraction of sp³-hybridized carbons (Fsp3) is 0.900. The third-order valence-corrected chi connectivity index (χ3v) is 5.61. The molecule has 2 aliphatic heterocycles. The summed E-state index contributed by atoms with van der Waals surface area (Å²) in [7, 11) is -3.58. The van der Waals surface area contributed by atoms with Crippen molar-refractivity contribution in [3.63, 3.8) is 0 Å². The van der Waals surface area contributed by atoms with Crippen molar-refractivity contribution < 1.29 is 18.3 Å². The van der Waals surface area contributed by atoms with Gasteiger partial charge >= 0.3 is 5.97 Å². The van der Waals surface area contributed by atoms with E-state index in [1.54, 1.807) is 6.92 Å². The van der Waals surface area contributed by atoms with E-state index < -0.39 is 22.2 Å². The van der Waals surface area contributed by atoms with Crippen LogP contribution in [-0.2, 0) is 15.0 Å². The lowest BCUT2D eigenvalue weighted by Gasteiger charge is -2.27. The molecular formula is C10H18N2O4S. The monoisotopic (exact) mass is 262 g/mol. The van der Waals surface area contributed by atoms with E-state index in [9.17, 15) is 13.2 Å². The molecule has 2 unspecified atom stereocenters. The first kappa shape index (κ1) is 12.8. The Balaban J connectivity index is 2.23. The largest absolute Gasteiger partial charge is 0.480 e. The van der Waals surface area contributed by atoms with Gasteiger partial charge in [-0.2, -0.15) is 17.0 Å². The number of rotatable bonds is 3. The molecule has 0 aromatic heterocycles. The van der Waals surface area contributed by atoms with Crippen molar-refractivity contribution in [1.29, 1.82) is 0 Å². The van der Waals surface area contributed by atoms with E-state index in [1.807, 2.05) is 0 Å². The Hall–Kier alpha value is -0.660. The van der Waals surface area contributed by atoms with Gasteiger partial charge in [0.1, 0.15) is 6.04 Å². The smallest absolute Gasteiger partial charge is 0.322 e. The number of aliphatic carboxylic acids is 1. The number of nitrogens with zero attached hydrogens (tertiary/aromatic N) is 2. The summed E-state index contributed by atoms with van der Waals surface area (Å²) in [4.78, 5) is 11.2. The molecule has 6 nitrogen and oxygen atoms in total. The minimum absolute atomic E-state index is 0.120. The Kier molecular flexibility index (Phi) is 3.42. The summed E-state index contributed by atoms with van der Waals surface area (Å²) in [6.45, 7) is 3.13. The maximum Gasteiger partial charge on any atom is 0.322 e. The third kappa shape index (κ3) is 2.19. The second-order valence-electron chi connectivity index (χ2n) is 4.77. The lowest BCUT2D eigenvalue weighted by Crippen LogP contribution is -2.48. The molecule has 0 bridgehead atoms. The molecule has 2 fully saturated rings. The highest BCUT2D eigenvalue weighted by Crippen LogP contribution is 2.29. The van der Waals surface area contributed by atoms with E-state index in [1.165, 1.54) is 4.31 Å². The predicted octanol–water partition coefficient (Wildman–Crippen LogP) is 0.122. The van der Waals surface area contributed by atoms with Gasteiger partial charge in [0.2, 0.25) is 0 Å². The zero-order valence-corrected chi connectivity index (χ0v) is 10.7. The minimum atomic E-state index is -3.58. The molecule has 0 aromatic carbocycles. The zero-order chi connectivity index (χ0) is 12.6. The van der Waals surface area contributed by atoms with Crippen LogP contribution in [0.4, 0.5) is 0 Å². The molecule has 0 aliphatic carbocycles. The van der Waals surface area contributed by atoms with Gasteiger partial charge in [-0.15, -0.1) is 0 Å². The van der Waals surface area contributed by atoms with Crippen molar-refractivity contribution >= 4 is 16.2 Å². The average molecular weight is 262 g/mol. The molecule has 1 N–H and O–H groups in total. The van der Waals surface area contributed by atoms with Gasteiger partial charge in [0.25, 0.3) is 10.2 Å². The summed E-state index contributed by atoms with van der Waals surface area (Å²) < 4.78 is 27.1. The fourth-order valence-corrected chi connectivity index (χ4v) is 4.54. The van der Waals surface area contributed by atoms with Gasteiger partial charge in [0.05, 0.1) is 0 Å². The lowest BCUT2D eigenvalue weighted by atomic mass is 10.0. The van der Waals surface area contributed by atoms with E-state index in [4.69, 9.17) is 5.11 Å². The van der Waals surface area contributed by atoms with E-state index in [0.717, 1.165) is 17.1 Å². The van der Waals surface area contributed by atoms with Crippen LogP contribution >= 0.6 is 0 Å². The van der Waals surface area contributed by atoms with E-state index in [0.29, 0.717) is 26.1 Å². The second-order valence-corrected chi connectivity index (χ2v) is 6.65. The fourth-order valence-electron chi connectivity index (χ4n) is 2.60. The maximum atomic E-state index is 12.3. The minimum Gasteiger partial charge on any atom is -0.480 e. The lowest BCUT2D eigenvalue weighted by molar-refractivity contribution is -0.141. The van der Waals surface area contributed by atoms with E-state index in [2.05, 4.69) is 0 Å². The van der Waals surface area contributed by atoms with E-state index in [-0.39, 0.29) is 5.92 Å². The Bertz CT molecular complexity index is 403. The van der Waals surface area contributed by atoms with Crippen LogP contribution in [0.5, 0.6) is 0 Å². The standard InChI is InChI=1S/C10H18N2O4S/c1-8-4-7-12(9(8)10(13)14)17(15,16)11-5-2-3-6-11/h8-9H,2-7H2,1H3,(H,13,14). The molecule has 0 spiro atoms. The van der Waals surface area contributed by atoms with Crippen LogP contribution in [0, 0.1) is 5.92 Å². The number of carbonyl (C=O) groups is 1. The Labute approximate surface area is 101 Å². The Morgan fingerprint density at radius 3 is 2.35 bits per heavy atom. The predicted molar refractivity (Wildman–Crippen MR) is 61.6 cm³/mol. The maximum absolute atomic E-state index is 12.3. The molecule has 2 atom stereocenters. The van der Waals surface area contributed by atoms with Crippen molar-refractivity contribution in [3.8, 4) is 0 Å². The molecule has 0 aromatic rings. The van der Waals surface area contributed by atoms with Crippen molar-refractivity contribution in [2.24, 2.45) is 5.92 Å².